The van der Waals surface area contributed by atoms with E-state index >= 15 is 0 Å². The monoisotopic (exact) mass is 291 g/mol. The summed E-state index contributed by atoms with van der Waals surface area (Å²) in [5.74, 6) is -0.226. The van der Waals surface area contributed by atoms with Crippen molar-refractivity contribution in [3.05, 3.63) is 59.7 Å². The summed E-state index contributed by atoms with van der Waals surface area (Å²) in [6.45, 7) is 0.544. The number of esters is 1. The first-order chi connectivity index (χ1) is 9.22. The molecule has 0 bridgehead atoms. The van der Waals surface area contributed by atoms with E-state index in [1.54, 1.807) is 0 Å². The predicted molar refractivity (Wildman–Crippen MR) is 82.7 cm³/mol. The first kappa shape index (κ1) is 16.2. The zero-order valence-electron chi connectivity index (χ0n) is 11.3. The molecular weight excluding hydrogens is 274 g/mol. The van der Waals surface area contributed by atoms with Crippen LogP contribution >= 0.6 is 12.4 Å². The number of rotatable bonds is 4. The summed E-state index contributed by atoms with van der Waals surface area (Å²) < 4.78 is 4.68. The molecule has 0 aliphatic carbocycles. The molecule has 0 fully saturated rings. The Morgan fingerprint density at radius 1 is 1.05 bits per heavy atom. The van der Waals surface area contributed by atoms with Gasteiger partial charge < -0.3 is 10.5 Å². The highest BCUT2D eigenvalue weighted by molar-refractivity contribution is 5.85. The molecule has 0 unspecified atom stereocenters. The van der Waals surface area contributed by atoms with Crippen molar-refractivity contribution in [3.63, 3.8) is 0 Å². The Morgan fingerprint density at radius 2 is 1.75 bits per heavy atom. The smallest absolute Gasteiger partial charge is 0.309 e. The van der Waals surface area contributed by atoms with Gasteiger partial charge in [-0.25, -0.2) is 0 Å². The SMILES string of the molecule is COC(=O)Cc1cccc(-c2ccc(CN)cc2)c1.Cl. The van der Waals surface area contributed by atoms with Gasteiger partial charge in [-0.1, -0.05) is 48.5 Å². The normalized spacial score (nSPS) is 9.70. The van der Waals surface area contributed by atoms with Crippen LogP contribution in [0.3, 0.4) is 0 Å². The van der Waals surface area contributed by atoms with Crippen LogP contribution in [0.1, 0.15) is 11.1 Å². The molecular formula is C16H18ClNO2. The number of benzene rings is 2. The highest BCUT2D eigenvalue weighted by atomic mass is 35.5. The minimum Gasteiger partial charge on any atom is -0.469 e. The number of hydrogen-bond donors (Lipinski definition) is 1. The second kappa shape index (κ2) is 7.68. The predicted octanol–water partition coefficient (Wildman–Crippen LogP) is 2.95. The van der Waals surface area contributed by atoms with Gasteiger partial charge in [-0.2, -0.15) is 0 Å². The standard InChI is InChI=1S/C16H17NO2.ClH/c1-19-16(18)10-13-3-2-4-15(9-13)14-7-5-12(11-17)6-8-14;/h2-9H,10-11,17H2,1H3;1H. The molecule has 2 N–H and O–H groups in total. The summed E-state index contributed by atoms with van der Waals surface area (Å²) in [5.41, 5.74) is 9.84. The van der Waals surface area contributed by atoms with Gasteiger partial charge in [0.1, 0.15) is 0 Å². The maximum Gasteiger partial charge on any atom is 0.309 e. The molecule has 0 aliphatic rings. The fourth-order valence-corrected chi connectivity index (χ4v) is 1.93. The van der Waals surface area contributed by atoms with Crippen molar-refractivity contribution in [1.29, 1.82) is 0 Å². The maximum atomic E-state index is 11.3. The van der Waals surface area contributed by atoms with Gasteiger partial charge in [0.25, 0.3) is 0 Å². The fraction of sp³-hybridized carbons (Fsp3) is 0.188. The van der Waals surface area contributed by atoms with Crippen molar-refractivity contribution in [1.82, 2.24) is 0 Å². The Kier molecular flexibility index (Phi) is 6.22. The van der Waals surface area contributed by atoms with Crippen LogP contribution in [-0.2, 0) is 22.5 Å². The molecule has 0 saturated carbocycles. The number of hydrogen-bond acceptors (Lipinski definition) is 3. The molecule has 0 atom stereocenters. The Labute approximate surface area is 125 Å². The maximum absolute atomic E-state index is 11.3. The summed E-state index contributed by atoms with van der Waals surface area (Å²) >= 11 is 0. The Bertz CT molecular complexity index is 567. The average molecular weight is 292 g/mol. The molecule has 0 aliphatic heterocycles. The number of ether oxygens (including phenoxy) is 1. The van der Waals surface area contributed by atoms with Crippen molar-refractivity contribution < 1.29 is 9.53 Å². The van der Waals surface area contributed by atoms with Gasteiger partial charge in [-0.05, 0) is 22.3 Å². The van der Waals surface area contributed by atoms with Crippen molar-refractivity contribution in [3.8, 4) is 11.1 Å². The average Bonchev–Trinajstić information content (AvgIpc) is 2.47. The van der Waals surface area contributed by atoms with Gasteiger partial charge in [0.15, 0.2) is 0 Å². The van der Waals surface area contributed by atoms with E-state index in [9.17, 15) is 4.79 Å². The summed E-state index contributed by atoms with van der Waals surface area (Å²) in [4.78, 5) is 11.3. The van der Waals surface area contributed by atoms with Gasteiger partial charge >= 0.3 is 5.97 Å². The lowest BCUT2D eigenvalue weighted by molar-refractivity contribution is -0.139. The first-order valence-corrected chi connectivity index (χ1v) is 6.18. The second-order valence-corrected chi connectivity index (χ2v) is 4.35. The molecule has 106 valence electrons. The van der Waals surface area contributed by atoms with Crippen molar-refractivity contribution >= 4 is 18.4 Å². The highest BCUT2D eigenvalue weighted by Crippen LogP contribution is 2.21. The van der Waals surface area contributed by atoms with E-state index in [0.717, 1.165) is 22.3 Å². The molecule has 0 saturated heterocycles. The molecule has 2 rings (SSSR count). The molecule has 3 nitrogen and oxygen atoms in total. The molecule has 0 amide bonds. The van der Waals surface area contributed by atoms with E-state index in [1.165, 1.54) is 7.11 Å². The topological polar surface area (TPSA) is 52.3 Å². The van der Waals surface area contributed by atoms with Crippen molar-refractivity contribution in [2.24, 2.45) is 5.73 Å². The number of carbonyl (C=O) groups is 1. The van der Waals surface area contributed by atoms with Gasteiger partial charge in [-0.15, -0.1) is 12.4 Å². The van der Waals surface area contributed by atoms with E-state index in [2.05, 4.69) is 4.74 Å². The van der Waals surface area contributed by atoms with Crippen LogP contribution in [0.4, 0.5) is 0 Å². The van der Waals surface area contributed by atoms with Gasteiger partial charge in [0.05, 0.1) is 13.5 Å². The van der Waals surface area contributed by atoms with Crippen LogP contribution in [0.15, 0.2) is 48.5 Å². The lowest BCUT2D eigenvalue weighted by atomic mass is 10.0. The van der Waals surface area contributed by atoms with Crippen LogP contribution in [0.25, 0.3) is 11.1 Å². The van der Waals surface area contributed by atoms with E-state index in [1.807, 2.05) is 48.5 Å². The molecule has 0 radical (unpaired) electrons. The third-order valence-electron chi connectivity index (χ3n) is 3.03. The zero-order valence-corrected chi connectivity index (χ0v) is 12.2. The van der Waals surface area contributed by atoms with Crippen LogP contribution in [0.2, 0.25) is 0 Å². The lowest BCUT2D eigenvalue weighted by Gasteiger charge is -2.06. The largest absolute Gasteiger partial charge is 0.469 e. The molecule has 20 heavy (non-hydrogen) atoms. The first-order valence-electron chi connectivity index (χ1n) is 6.18. The quantitative estimate of drug-likeness (QED) is 0.881. The Balaban J connectivity index is 0.00000200. The molecule has 2 aromatic carbocycles. The third kappa shape index (κ3) is 4.08. The summed E-state index contributed by atoms with van der Waals surface area (Å²) in [5, 5.41) is 0. The molecule has 2 aromatic rings. The zero-order chi connectivity index (χ0) is 13.7. The number of nitrogens with two attached hydrogens (primary N) is 1. The lowest BCUT2D eigenvalue weighted by Crippen LogP contribution is -2.04. The molecule has 4 heteroatoms. The number of methoxy groups -OCH3 is 1. The molecule has 0 heterocycles. The van der Waals surface area contributed by atoms with Gasteiger partial charge in [0.2, 0.25) is 0 Å². The van der Waals surface area contributed by atoms with Crippen LogP contribution in [0, 0.1) is 0 Å². The van der Waals surface area contributed by atoms with Gasteiger partial charge in [-0.3, -0.25) is 4.79 Å². The van der Waals surface area contributed by atoms with Crippen LogP contribution < -0.4 is 5.73 Å². The summed E-state index contributed by atoms with van der Waals surface area (Å²) in [7, 11) is 1.40. The number of halogens is 1. The fourth-order valence-electron chi connectivity index (χ4n) is 1.93. The summed E-state index contributed by atoms with van der Waals surface area (Å²) in [6.07, 6.45) is 0.297. The van der Waals surface area contributed by atoms with Gasteiger partial charge in [0, 0.05) is 6.54 Å². The minimum absolute atomic E-state index is 0. The van der Waals surface area contributed by atoms with E-state index in [0.29, 0.717) is 13.0 Å². The highest BCUT2D eigenvalue weighted by Gasteiger charge is 2.04. The van der Waals surface area contributed by atoms with Crippen molar-refractivity contribution in [2.45, 2.75) is 13.0 Å². The van der Waals surface area contributed by atoms with Crippen LogP contribution in [0.5, 0.6) is 0 Å². The second-order valence-electron chi connectivity index (χ2n) is 4.35. The van der Waals surface area contributed by atoms with E-state index in [4.69, 9.17) is 5.73 Å². The summed E-state index contributed by atoms with van der Waals surface area (Å²) in [6, 6.07) is 16.0. The minimum atomic E-state index is -0.226. The number of carbonyl (C=O) groups excluding carboxylic acids is 1. The Hall–Kier alpha value is -1.84. The van der Waals surface area contributed by atoms with E-state index < -0.39 is 0 Å². The van der Waals surface area contributed by atoms with E-state index in [-0.39, 0.29) is 18.4 Å². The third-order valence-corrected chi connectivity index (χ3v) is 3.03. The molecule has 0 aromatic heterocycles. The Morgan fingerprint density at radius 3 is 2.35 bits per heavy atom. The van der Waals surface area contributed by atoms with Crippen LogP contribution in [-0.4, -0.2) is 13.1 Å². The van der Waals surface area contributed by atoms with Crippen molar-refractivity contribution in [2.75, 3.05) is 7.11 Å². The molecule has 0 spiro atoms.